The van der Waals surface area contributed by atoms with Crippen LogP contribution in [-0.4, -0.2) is 21.5 Å². The number of benzene rings is 2. The molecular weight excluding hydrogens is 392 g/mol. The smallest absolute Gasteiger partial charge is 0.275 e. The van der Waals surface area contributed by atoms with Gasteiger partial charge in [-0.3, -0.25) is 20.4 Å². The zero-order valence-electron chi connectivity index (χ0n) is 17.5. The van der Waals surface area contributed by atoms with Crippen LogP contribution in [-0.2, 0) is 0 Å². The second-order valence-electron chi connectivity index (χ2n) is 7.24. The van der Waals surface area contributed by atoms with Crippen LogP contribution in [0.15, 0.2) is 71.3 Å². The molecule has 0 atom stereocenters. The molecule has 0 radical (unpaired) electrons. The van der Waals surface area contributed by atoms with E-state index in [1.54, 1.807) is 19.1 Å². The highest BCUT2D eigenvalue weighted by atomic mass is 16.5. The minimum Gasteiger partial charge on any atom is -0.360 e. The molecule has 2 N–H and O–H groups in total. The van der Waals surface area contributed by atoms with Gasteiger partial charge in [0.25, 0.3) is 11.8 Å². The summed E-state index contributed by atoms with van der Waals surface area (Å²) < 4.78 is 7.31. The fraction of sp³-hybridized carbons (Fsp3) is 0.125. The number of hydrogen-bond donors (Lipinski definition) is 2. The van der Waals surface area contributed by atoms with Crippen molar-refractivity contribution in [2.45, 2.75) is 20.8 Å². The maximum atomic E-state index is 12.7. The van der Waals surface area contributed by atoms with Crippen LogP contribution in [0.2, 0.25) is 0 Å². The van der Waals surface area contributed by atoms with E-state index in [0.29, 0.717) is 17.0 Å². The highest BCUT2D eigenvalue weighted by Crippen LogP contribution is 2.24. The molecule has 0 aliphatic rings. The summed E-state index contributed by atoms with van der Waals surface area (Å²) in [6, 6.07) is 20.5. The number of aromatic nitrogens is 2. The highest BCUT2D eigenvalue weighted by molar-refractivity contribution is 6.03. The SMILES string of the molecule is Cc1onc(-c2ccccc2)c1C(=O)NNC(=O)c1ccc(-n2c(C)ccc2C)cc1. The van der Waals surface area contributed by atoms with Crippen molar-refractivity contribution in [3.8, 4) is 16.9 Å². The minimum absolute atomic E-state index is 0.278. The summed E-state index contributed by atoms with van der Waals surface area (Å²) in [5.41, 5.74) is 9.98. The highest BCUT2D eigenvalue weighted by Gasteiger charge is 2.22. The topological polar surface area (TPSA) is 89.2 Å². The van der Waals surface area contributed by atoms with Crippen LogP contribution in [0.1, 0.15) is 37.9 Å². The van der Waals surface area contributed by atoms with Crippen LogP contribution < -0.4 is 10.9 Å². The fourth-order valence-electron chi connectivity index (χ4n) is 3.52. The van der Waals surface area contributed by atoms with Crippen LogP contribution in [0.4, 0.5) is 0 Å². The summed E-state index contributed by atoms with van der Waals surface area (Å²) in [6.07, 6.45) is 0. The van der Waals surface area contributed by atoms with Crippen molar-refractivity contribution >= 4 is 11.8 Å². The molecule has 0 saturated heterocycles. The third-order valence-corrected chi connectivity index (χ3v) is 5.09. The summed E-state index contributed by atoms with van der Waals surface area (Å²) in [7, 11) is 0. The number of aryl methyl sites for hydroxylation is 3. The van der Waals surface area contributed by atoms with Gasteiger partial charge in [0, 0.05) is 28.2 Å². The molecule has 2 aromatic heterocycles. The van der Waals surface area contributed by atoms with E-state index < -0.39 is 11.8 Å². The molecule has 7 heteroatoms. The maximum Gasteiger partial charge on any atom is 0.275 e. The fourth-order valence-corrected chi connectivity index (χ4v) is 3.52. The van der Waals surface area contributed by atoms with Gasteiger partial charge in [0.15, 0.2) is 0 Å². The minimum atomic E-state index is -0.499. The second kappa shape index (κ2) is 8.31. The largest absolute Gasteiger partial charge is 0.360 e. The molecule has 2 heterocycles. The molecular formula is C24H22N4O3. The molecule has 156 valence electrons. The zero-order valence-corrected chi connectivity index (χ0v) is 17.5. The summed E-state index contributed by atoms with van der Waals surface area (Å²) >= 11 is 0. The lowest BCUT2D eigenvalue weighted by Gasteiger charge is -2.11. The Bertz CT molecular complexity index is 1220. The van der Waals surface area contributed by atoms with Crippen LogP contribution in [0.25, 0.3) is 16.9 Å². The van der Waals surface area contributed by atoms with E-state index in [9.17, 15) is 9.59 Å². The lowest BCUT2D eigenvalue weighted by molar-refractivity contribution is 0.0846. The van der Waals surface area contributed by atoms with Crippen molar-refractivity contribution in [1.82, 2.24) is 20.6 Å². The first-order valence-electron chi connectivity index (χ1n) is 9.83. The van der Waals surface area contributed by atoms with E-state index in [0.717, 1.165) is 22.6 Å². The molecule has 7 nitrogen and oxygen atoms in total. The number of hydrazine groups is 1. The van der Waals surface area contributed by atoms with Crippen LogP contribution >= 0.6 is 0 Å². The Balaban J connectivity index is 1.46. The first-order valence-corrected chi connectivity index (χ1v) is 9.83. The van der Waals surface area contributed by atoms with Crippen molar-refractivity contribution in [3.05, 3.63) is 95.0 Å². The predicted molar refractivity (Wildman–Crippen MR) is 117 cm³/mol. The normalized spacial score (nSPS) is 10.7. The van der Waals surface area contributed by atoms with Crippen molar-refractivity contribution in [2.24, 2.45) is 0 Å². The lowest BCUT2D eigenvalue weighted by atomic mass is 10.1. The molecule has 4 aromatic rings. The van der Waals surface area contributed by atoms with Gasteiger partial charge in [-0.25, -0.2) is 0 Å². The summed E-state index contributed by atoms with van der Waals surface area (Å²) in [5, 5.41) is 3.99. The van der Waals surface area contributed by atoms with Crippen LogP contribution in [0.5, 0.6) is 0 Å². The lowest BCUT2D eigenvalue weighted by Crippen LogP contribution is -2.41. The quantitative estimate of drug-likeness (QED) is 0.492. The monoisotopic (exact) mass is 414 g/mol. The number of hydrogen-bond acceptors (Lipinski definition) is 4. The summed E-state index contributed by atoms with van der Waals surface area (Å²) in [6.45, 7) is 5.71. The Labute approximate surface area is 179 Å². The van der Waals surface area contributed by atoms with Crippen molar-refractivity contribution in [2.75, 3.05) is 0 Å². The third kappa shape index (κ3) is 3.98. The second-order valence-corrected chi connectivity index (χ2v) is 7.24. The van der Waals surface area contributed by atoms with Crippen molar-refractivity contribution < 1.29 is 14.1 Å². The maximum absolute atomic E-state index is 12.7. The van der Waals surface area contributed by atoms with Crippen LogP contribution in [0.3, 0.4) is 0 Å². The first kappa shape index (κ1) is 20.2. The van der Waals surface area contributed by atoms with Gasteiger partial charge < -0.3 is 9.09 Å². The Morgan fingerprint density at radius 3 is 2.06 bits per heavy atom. The first-order chi connectivity index (χ1) is 15.0. The molecule has 2 amide bonds. The van der Waals surface area contributed by atoms with Gasteiger partial charge in [0.1, 0.15) is 17.0 Å². The molecule has 0 fully saturated rings. The van der Waals surface area contributed by atoms with Gasteiger partial charge in [0.2, 0.25) is 0 Å². The number of rotatable bonds is 4. The molecule has 0 unspecified atom stereocenters. The summed E-state index contributed by atoms with van der Waals surface area (Å²) in [5.74, 6) is -0.551. The number of carbonyl (C=O) groups is 2. The molecule has 0 aliphatic carbocycles. The Kier molecular flexibility index (Phi) is 5.41. The van der Waals surface area contributed by atoms with Gasteiger partial charge in [-0.2, -0.15) is 0 Å². The van der Waals surface area contributed by atoms with Gasteiger partial charge >= 0.3 is 0 Å². The molecule has 31 heavy (non-hydrogen) atoms. The Morgan fingerprint density at radius 1 is 0.806 bits per heavy atom. The van der Waals surface area contributed by atoms with Gasteiger partial charge in [0.05, 0.1) is 0 Å². The Hall–Kier alpha value is -4.13. The van der Waals surface area contributed by atoms with E-state index in [1.165, 1.54) is 0 Å². The van der Waals surface area contributed by atoms with Gasteiger partial charge in [-0.1, -0.05) is 35.5 Å². The van der Waals surface area contributed by atoms with E-state index >= 15 is 0 Å². The molecule has 2 aromatic carbocycles. The van der Waals surface area contributed by atoms with E-state index in [-0.39, 0.29) is 5.56 Å². The van der Waals surface area contributed by atoms with Crippen molar-refractivity contribution in [1.29, 1.82) is 0 Å². The number of amides is 2. The van der Waals surface area contributed by atoms with Crippen molar-refractivity contribution in [3.63, 3.8) is 0 Å². The average Bonchev–Trinajstić information content (AvgIpc) is 3.34. The van der Waals surface area contributed by atoms with E-state index in [2.05, 4.69) is 20.6 Å². The predicted octanol–water partition coefficient (Wildman–Crippen LogP) is 4.13. The van der Waals surface area contributed by atoms with E-state index in [1.807, 2.05) is 68.4 Å². The molecule has 0 aliphatic heterocycles. The Morgan fingerprint density at radius 2 is 1.42 bits per heavy atom. The zero-order chi connectivity index (χ0) is 22.0. The molecule has 0 saturated carbocycles. The third-order valence-electron chi connectivity index (χ3n) is 5.09. The molecule has 0 bridgehead atoms. The number of nitrogens with zero attached hydrogens (tertiary/aromatic N) is 2. The van der Waals surface area contributed by atoms with E-state index in [4.69, 9.17) is 4.52 Å². The number of nitrogens with one attached hydrogen (secondary N) is 2. The molecule has 0 spiro atoms. The average molecular weight is 414 g/mol. The summed E-state index contributed by atoms with van der Waals surface area (Å²) in [4.78, 5) is 25.2. The number of carbonyl (C=O) groups excluding carboxylic acids is 2. The van der Waals surface area contributed by atoms with Crippen LogP contribution in [0, 0.1) is 20.8 Å². The van der Waals surface area contributed by atoms with Gasteiger partial charge in [-0.05, 0) is 57.2 Å². The standard InChI is InChI=1S/C24H22N4O3/c1-15-9-10-16(2)28(15)20-13-11-19(12-14-20)23(29)25-26-24(30)21-17(3)31-27-22(21)18-7-5-4-6-8-18/h4-14H,1-3H3,(H,25,29)(H,26,30). The molecule has 4 rings (SSSR count). The van der Waals surface area contributed by atoms with Gasteiger partial charge in [-0.15, -0.1) is 0 Å².